The number of carboxylic acid groups (broad SMARTS) is 1. The van der Waals surface area contributed by atoms with Gasteiger partial charge in [0, 0.05) is 96.9 Å². The zero-order chi connectivity index (χ0) is 82.7. The minimum Gasteiger partial charge on any atom is -0.480 e. The number of aromatic nitrogens is 4. The Morgan fingerprint density at radius 1 is 0.795 bits per heavy atom. The number of alkyl carbamates (subject to hydrolysis) is 2. The molecular weight excluding hydrogens is 1520 g/mol. The fourth-order valence-electron chi connectivity index (χ4n) is 14.6. The van der Waals surface area contributed by atoms with E-state index >= 15 is 44.7 Å². The molecule has 610 valence electrons. The van der Waals surface area contributed by atoms with Gasteiger partial charge in [0.25, 0.3) is 5.91 Å². The van der Waals surface area contributed by atoms with Gasteiger partial charge < -0.3 is 49.0 Å². The molecule has 0 radical (unpaired) electrons. The molecule has 4 fully saturated rings. The molecule has 2 aromatic heterocycles. The van der Waals surface area contributed by atoms with E-state index in [0.717, 1.165) is 50.3 Å². The minimum absolute atomic E-state index is 0.0177. The normalized spacial score (nSPS) is 18.7. The third-order valence-corrected chi connectivity index (χ3v) is 21.1. The second kappa shape index (κ2) is 34.1. The monoisotopic (exact) mass is 1610 g/mol. The SMILES string of the molecule is COC(=O)N[C@H](C(=O)C[C@@H](Cc1ccc(C#Cc2cnc(N3CC4CCC(C3)N4C3COC3)nc2)cc1)[C@H](CN(Cc1c(F)cc(-c2ccn(C(F)F)n2)cc1F)NC(=O)[C@@H](NC(=O)OC)C(C)(C)C(F)(F)F)OC(=O)CC(C)(C)c1c(CC(=O)N2CC(C)(C)C[C@H]2C(=O)O)cc(C)cc1OP(=O)(O)O)C(C)(C)C(F)(F)F. The van der Waals surface area contributed by atoms with Gasteiger partial charge >= 0.3 is 50.8 Å². The lowest BCUT2D eigenvalue weighted by Gasteiger charge is -2.47. The standard InChI is InChI=1S/C74H88F10N11O16P/c1-40-22-46(28-58(97)93-39-69(2,3)29-54(93)64(100)101)60(56(23-40)111-112(104,105)106)70(4,5)30-59(98)110-57(36-92(90-63(99)62(88-68(103)108-11)72(8,9)74(82,83)84)35-50-51(75)25-44(26-52(50)76)53-20-21-94(89-53)65(77)78)45(27-55(96)61(87-67(102)107-10)71(6,7)73(79,80)81)24-42-15-12-41(13-16-42)14-17-43-31-85-66(86-32-43)91-33-47-18-19-48(34-91)95(47)49-37-109-38-49/h12-13,15-16,20-23,25-26,31-32,45,47-49,54,57,61-62,65H,18-19,24,27-30,33-39H2,1-11H3,(H,87,102)(H,88,103)(H,90,99)(H,100,101)(H2,104,105,106)/t45-,47?,48?,54+,57+,61-,62-/m1/s1. The highest BCUT2D eigenvalue weighted by Crippen LogP contribution is 2.48. The van der Waals surface area contributed by atoms with Gasteiger partial charge in [-0.1, -0.05) is 57.7 Å². The summed E-state index contributed by atoms with van der Waals surface area (Å²) in [5.41, 5.74) is -8.24. The van der Waals surface area contributed by atoms with Gasteiger partial charge in [-0.05, 0) is 119 Å². The number of alkyl halides is 8. The second-order valence-electron chi connectivity index (χ2n) is 31.0. The quantitative estimate of drug-likeness (QED) is 0.00647. The number of fused-ring (bicyclic) bond motifs is 2. The number of rotatable bonds is 29. The number of hydrazine groups is 1. The number of carbonyl (C=O) groups is 7. The van der Waals surface area contributed by atoms with Crippen LogP contribution in [0.1, 0.15) is 133 Å². The Hall–Kier alpha value is -9.47. The van der Waals surface area contributed by atoms with E-state index in [2.05, 4.69) is 51.6 Å². The minimum atomic E-state index is -5.59. The van der Waals surface area contributed by atoms with Crippen molar-refractivity contribution in [3.8, 4) is 28.8 Å². The largest absolute Gasteiger partial charge is 0.524 e. The first kappa shape index (κ1) is 86.5. The molecule has 9 rings (SSSR count). The van der Waals surface area contributed by atoms with E-state index in [4.69, 9.17) is 14.0 Å². The molecule has 38 heteroatoms. The number of carbonyl (C=O) groups excluding carboxylic acids is 6. The predicted molar refractivity (Wildman–Crippen MR) is 379 cm³/mol. The Kier molecular flexibility index (Phi) is 26.3. The van der Waals surface area contributed by atoms with Gasteiger partial charge in [0.2, 0.25) is 11.9 Å². The molecule has 7 atom stereocenters. The molecule has 4 aliphatic rings. The highest BCUT2D eigenvalue weighted by atomic mass is 31.2. The van der Waals surface area contributed by atoms with Crippen molar-refractivity contribution in [2.24, 2.45) is 22.2 Å². The molecule has 2 unspecified atom stereocenters. The molecule has 27 nitrogen and oxygen atoms in total. The smallest absolute Gasteiger partial charge is 0.480 e. The number of amides is 4. The fraction of sp³-hybridized carbons (Fsp3) is 0.541. The fourth-order valence-corrected chi connectivity index (χ4v) is 15.0. The van der Waals surface area contributed by atoms with Crippen molar-refractivity contribution >= 4 is 55.5 Å². The van der Waals surface area contributed by atoms with Crippen molar-refractivity contribution in [1.29, 1.82) is 0 Å². The number of halogens is 10. The lowest BCUT2D eigenvalue weighted by Crippen LogP contribution is -2.62. The van der Waals surface area contributed by atoms with Gasteiger partial charge in [-0.3, -0.25) is 39.3 Å². The number of likely N-dealkylation sites (tertiary alicyclic amines) is 1. The number of anilines is 1. The van der Waals surface area contributed by atoms with Crippen LogP contribution in [-0.4, -0.2) is 199 Å². The van der Waals surface area contributed by atoms with Gasteiger partial charge in [0.15, 0.2) is 5.78 Å². The maximum atomic E-state index is 16.9. The zero-order valence-corrected chi connectivity index (χ0v) is 63.9. The first-order chi connectivity index (χ1) is 52.1. The first-order valence-corrected chi connectivity index (χ1v) is 37.0. The van der Waals surface area contributed by atoms with Crippen molar-refractivity contribution in [3.05, 3.63) is 124 Å². The summed E-state index contributed by atoms with van der Waals surface area (Å²) in [6.07, 6.45) is -13.8. The van der Waals surface area contributed by atoms with E-state index in [1.165, 1.54) is 51.1 Å². The van der Waals surface area contributed by atoms with Crippen LogP contribution in [-0.2, 0) is 72.3 Å². The lowest BCUT2D eigenvalue weighted by atomic mass is 9.77. The lowest BCUT2D eigenvalue weighted by molar-refractivity contribution is -0.221. The average molecular weight is 1610 g/mol. The van der Waals surface area contributed by atoms with E-state index in [1.54, 1.807) is 31.6 Å². The highest BCUT2D eigenvalue weighted by Gasteiger charge is 2.58. The van der Waals surface area contributed by atoms with Gasteiger partial charge in [-0.2, -0.15) is 40.2 Å². The van der Waals surface area contributed by atoms with Crippen molar-refractivity contribution in [3.63, 3.8) is 0 Å². The number of hydrogen-bond donors (Lipinski definition) is 6. The highest BCUT2D eigenvalue weighted by molar-refractivity contribution is 7.46. The number of ketones is 1. The number of phosphoric acid groups is 1. The number of methoxy groups -OCH3 is 2. The van der Waals surface area contributed by atoms with Crippen molar-refractivity contribution < 1.29 is 120 Å². The van der Waals surface area contributed by atoms with E-state index in [-0.39, 0.29) is 39.9 Å². The summed E-state index contributed by atoms with van der Waals surface area (Å²) in [5, 5.41) is 18.1. The molecule has 112 heavy (non-hydrogen) atoms. The van der Waals surface area contributed by atoms with Gasteiger partial charge in [0.05, 0.1) is 74.9 Å². The van der Waals surface area contributed by atoms with Gasteiger partial charge in [-0.25, -0.2) is 47.4 Å². The van der Waals surface area contributed by atoms with Crippen LogP contribution in [0.15, 0.2) is 73.2 Å². The Bertz CT molecular complexity index is 4390. The van der Waals surface area contributed by atoms with Crippen LogP contribution in [0, 0.1) is 52.6 Å². The molecule has 6 heterocycles. The maximum absolute atomic E-state index is 16.9. The summed E-state index contributed by atoms with van der Waals surface area (Å²) in [6.45, 7) is 6.43. The number of phosphoric ester groups is 1. The van der Waals surface area contributed by atoms with Gasteiger partial charge in [-0.15, -0.1) is 0 Å². The van der Waals surface area contributed by atoms with Crippen LogP contribution in [0.4, 0.5) is 59.4 Å². The summed E-state index contributed by atoms with van der Waals surface area (Å²) in [6, 6.07) is 4.82. The number of ether oxygens (including phenoxy) is 4. The van der Waals surface area contributed by atoms with Crippen LogP contribution in [0.25, 0.3) is 11.3 Å². The summed E-state index contributed by atoms with van der Waals surface area (Å²) < 4.78 is 192. The van der Waals surface area contributed by atoms with Crippen LogP contribution in [0.5, 0.6) is 5.75 Å². The third-order valence-electron chi connectivity index (χ3n) is 20.7. The Morgan fingerprint density at radius 2 is 1.37 bits per heavy atom. The molecule has 0 saturated carbocycles. The number of hydrogen-bond acceptors (Lipinski definition) is 19. The Labute approximate surface area is 638 Å². The Morgan fingerprint density at radius 3 is 1.89 bits per heavy atom. The van der Waals surface area contributed by atoms with Crippen molar-refractivity contribution in [1.82, 2.24) is 50.6 Å². The topological polar surface area (TPSA) is 336 Å². The average Bonchev–Trinajstić information content (AvgIpc) is 1.63. The number of carboxylic acids is 1. The maximum Gasteiger partial charge on any atom is 0.524 e. The van der Waals surface area contributed by atoms with Crippen LogP contribution < -0.4 is 25.5 Å². The van der Waals surface area contributed by atoms with E-state index in [1.807, 2.05) is 5.32 Å². The molecule has 3 aromatic carbocycles. The van der Waals surface area contributed by atoms with Gasteiger partial charge in [0.1, 0.15) is 41.6 Å². The van der Waals surface area contributed by atoms with E-state index < -0.39 is 193 Å². The van der Waals surface area contributed by atoms with Crippen LogP contribution in [0.2, 0.25) is 0 Å². The third kappa shape index (κ3) is 20.7. The number of aryl methyl sites for hydroxylation is 1. The molecule has 5 aromatic rings. The summed E-state index contributed by atoms with van der Waals surface area (Å²) in [4.78, 5) is 134. The molecule has 4 amide bonds. The number of benzene rings is 3. The molecule has 4 aliphatic heterocycles. The zero-order valence-electron chi connectivity index (χ0n) is 63.0. The molecular formula is C74H88F10N11O16P. The number of nitrogens with one attached hydrogen (secondary N) is 3. The van der Waals surface area contributed by atoms with Crippen LogP contribution >= 0.6 is 7.82 Å². The number of aliphatic carboxylic acids is 1. The number of Topliss-reactive ketones (excluding diaryl/α,β-unsaturated/α-hetero) is 1. The number of nitrogens with zero attached hydrogens (tertiary/aromatic N) is 8. The molecule has 0 spiro atoms. The summed E-state index contributed by atoms with van der Waals surface area (Å²) in [7, 11) is -4.08. The summed E-state index contributed by atoms with van der Waals surface area (Å²) >= 11 is 0. The molecule has 0 aliphatic carbocycles. The number of piperazine rings is 1. The van der Waals surface area contributed by atoms with Crippen LogP contribution in [0.3, 0.4) is 0 Å². The second-order valence-corrected chi connectivity index (χ2v) is 32.1. The van der Waals surface area contributed by atoms with Crippen molar-refractivity contribution in [2.45, 2.75) is 180 Å². The molecule has 2 bridgehead atoms. The van der Waals surface area contributed by atoms with E-state index in [9.17, 15) is 52.2 Å². The van der Waals surface area contributed by atoms with E-state index in [0.29, 0.717) is 106 Å². The predicted octanol–water partition coefficient (Wildman–Crippen LogP) is 10.1. The number of esters is 1. The first-order valence-electron chi connectivity index (χ1n) is 35.4. The molecule has 6 N–H and O–H groups in total. The molecule has 4 saturated heterocycles. The Balaban J connectivity index is 1.17. The van der Waals surface area contributed by atoms with Crippen molar-refractivity contribution in [2.75, 3.05) is 58.5 Å². The summed E-state index contributed by atoms with van der Waals surface area (Å²) in [5.74, 6) is -5.96.